The lowest BCUT2D eigenvalue weighted by molar-refractivity contribution is 0.839. The van der Waals surface area contributed by atoms with Gasteiger partial charge in [0, 0.05) is 0 Å². The molecule has 0 aliphatic heterocycles. The first-order valence-electron chi connectivity index (χ1n) is 3.99. The molecule has 0 amide bonds. The minimum absolute atomic E-state index is 0.898. The van der Waals surface area contributed by atoms with E-state index in [1.54, 1.807) is 18.5 Å². The highest BCUT2D eigenvalue weighted by Gasteiger charge is 1.76. The van der Waals surface area contributed by atoms with Crippen LogP contribution >= 0.6 is 0 Å². The Morgan fingerprint density at radius 1 is 1.00 bits per heavy atom. The lowest BCUT2D eigenvalue weighted by atomic mass is 10.5. The summed E-state index contributed by atoms with van der Waals surface area (Å²) in [5.74, 6) is 0. The number of aryl methyl sites for hydroxylation is 2. The van der Waals surface area contributed by atoms with Crippen LogP contribution in [0.1, 0.15) is 11.4 Å². The van der Waals surface area contributed by atoms with E-state index < -0.39 is 0 Å². The van der Waals surface area contributed by atoms with Crippen LogP contribution in [0, 0.1) is 13.8 Å². The predicted octanol–water partition coefficient (Wildman–Crippen LogP) is 0.360. The Morgan fingerprint density at radius 3 is 2.14 bits per heavy atom. The second-order valence-corrected chi connectivity index (χ2v) is 2.51. The van der Waals surface area contributed by atoms with E-state index in [1.807, 2.05) is 13.8 Å². The summed E-state index contributed by atoms with van der Waals surface area (Å²) in [6, 6.07) is 1.80. The van der Waals surface area contributed by atoms with E-state index in [4.69, 9.17) is 0 Å². The molecule has 2 aromatic rings. The quantitative estimate of drug-likeness (QED) is 0.597. The molecule has 0 spiro atoms. The van der Waals surface area contributed by atoms with Crippen molar-refractivity contribution in [3.8, 4) is 0 Å². The van der Waals surface area contributed by atoms with Gasteiger partial charge in [-0.05, 0) is 25.1 Å². The topological polar surface area (TPSA) is 77.3 Å². The normalized spacial score (nSPS) is 8.71. The largest absolute Gasteiger partial charge is 0.238 e. The Morgan fingerprint density at radius 2 is 1.86 bits per heavy atom. The van der Waals surface area contributed by atoms with E-state index in [9.17, 15) is 0 Å². The van der Waals surface area contributed by atoms with Gasteiger partial charge in [-0.15, -0.1) is 15.3 Å². The van der Waals surface area contributed by atoms with Crippen LogP contribution in [0.5, 0.6) is 0 Å². The molecule has 0 atom stereocenters. The molecule has 6 nitrogen and oxygen atoms in total. The molecule has 0 aliphatic carbocycles. The smallest absolute Gasteiger partial charge is 0.138 e. The summed E-state index contributed by atoms with van der Waals surface area (Å²) in [5.41, 5.74) is 1.80. The molecule has 0 aromatic carbocycles. The molecule has 0 aliphatic rings. The van der Waals surface area contributed by atoms with Gasteiger partial charge < -0.3 is 0 Å². The summed E-state index contributed by atoms with van der Waals surface area (Å²) in [4.78, 5) is 3.81. The van der Waals surface area contributed by atoms with Gasteiger partial charge in [0.2, 0.25) is 0 Å². The average molecular weight is 190 g/mol. The summed E-state index contributed by atoms with van der Waals surface area (Å²) < 4.78 is 0. The van der Waals surface area contributed by atoms with Crippen molar-refractivity contribution in [2.24, 2.45) is 0 Å². The minimum Gasteiger partial charge on any atom is -0.238 e. The highest BCUT2D eigenvalue weighted by Crippen LogP contribution is 1.79. The second-order valence-electron chi connectivity index (χ2n) is 2.51. The second kappa shape index (κ2) is 5.63. The predicted molar refractivity (Wildman–Crippen MR) is 49.1 cm³/mol. The molecule has 0 unspecified atom stereocenters. The molecule has 0 N–H and O–H groups in total. The third kappa shape index (κ3) is 4.15. The van der Waals surface area contributed by atoms with Gasteiger partial charge in [-0.1, -0.05) is 0 Å². The fourth-order valence-corrected chi connectivity index (χ4v) is 0.598. The van der Waals surface area contributed by atoms with Gasteiger partial charge in [-0.2, -0.15) is 5.10 Å². The van der Waals surface area contributed by atoms with E-state index in [-0.39, 0.29) is 0 Å². The summed E-state index contributed by atoms with van der Waals surface area (Å²) in [6.07, 6.45) is 4.65. The summed E-state index contributed by atoms with van der Waals surface area (Å²) in [7, 11) is 0. The van der Waals surface area contributed by atoms with E-state index in [0.29, 0.717) is 0 Å². The number of aromatic nitrogens is 6. The number of hydrogen-bond donors (Lipinski definition) is 0. The summed E-state index contributed by atoms with van der Waals surface area (Å²) in [5, 5.41) is 17.5. The molecule has 14 heavy (non-hydrogen) atoms. The lowest BCUT2D eigenvalue weighted by Crippen LogP contribution is -1.85. The van der Waals surface area contributed by atoms with Crippen LogP contribution in [0.25, 0.3) is 0 Å². The number of nitrogens with zero attached hydrogens (tertiary/aromatic N) is 6. The molecule has 6 heteroatoms. The van der Waals surface area contributed by atoms with Crippen molar-refractivity contribution in [2.75, 3.05) is 0 Å². The molecule has 0 fully saturated rings. The number of hydrogen-bond acceptors (Lipinski definition) is 6. The summed E-state index contributed by atoms with van der Waals surface area (Å²) >= 11 is 0. The van der Waals surface area contributed by atoms with Crippen LogP contribution in [0.4, 0.5) is 0 Å². The van der Waals surface area contributed by atoms with Crippen molar-refractivity contribution < 1.29 is 0 Å². The van der Waals surface area contributed by atoms with Gasteiger partial charge in [0.1, 0.15) is 6.33 Å². The minimum atomic E-state index is 0.898. The van der Waals surface area contributed by atoms with Gasteiger partial charge in [0.05, 0.1) is 23.8 Å². The van der Waals surface area contributed by atoms with Crippen molar-refractivity contribution in [3.63, 3.8) is 0 Å². The highest BCUT2D eigenvalue weighted by molar-refractivity contribution is 4.89. The van der Waals surface area contributed by atoms with Crippen LogP contribution in [0.3, 0.4) is 0 Å². The van der Waals surface area contributed by atoms with Gasteiger partial charge in [0.25, 0.3) is 0 Å². The van der Waals surface area contributed by atoms with E-state index in [2.05, 4.69) is 30.6 Å². The zero-order valence-electron chi connectivity index (χ0n) is 7.99. The SMILES string of the molecule is Cc1ccnnn1.Cc1cnncn1. The van der Waals surface area contributed by atoms with Crippen molar-refractivity contribution in [2.45, 2.75) is 13.8 Å². The molecule has 0 saturated heterocycles. The molecule has 2 heterocycles. The molecule has 0 bridgehead atoms. The highest BCUT2D eigenvalue weighted by atomic mass is 15.3. The first kappa shape index (κ1) is 10.1. The van der Waals surface area contributed by atoms with Crippen molar-refractivity contribution in [1.82, 2.24) is 30.6 Å². The third-order valence-corrected chi connectivity index (χ3v) is 1.26. The molecule has 0 radical (unpaired) electrons. The maximum atomic E-state index is 3.81. The van der Waals surface area contributed by atoms with Gasteiger partial charge in [-0.25, -0.2) is 4.98 Å². The fourth-order valence-electron chi connectivity index (χ4n) is 0.598. The maximum Gasteiger partial charge on any atom is 0.138 e. The van der Waals surface area contributed by atoms with E-state index in [1.165, 1.54) is 6.33 Å². The Bertz CT molecular complexity index is 311. The monoisotopic (exact) mass is 190 g/mol. The zero-order valence-corrected chi connectivity index (χ0v) is 7.99. The van der Waals surface area contributed by atoms with Crippen molar-refractivity contribution in [1.29, 1.82) is 0 Å². The van der Waals surface area contributed by atoms with Crippen LogP contribution in [0.2, 0.25) is 0 Å². The maximum absolute atomic E-state index is 3.81. The molecule has 2 rings (SSSR count). The van der Waals surface area contributed by atoms with Crippen molar-refractivity contribution >= 4 is 0 Å². The Balaban J connectivity index is 0.000000140. The van der Waals surface area contributed by atoms with E-state index >= 15 is 0 Å². The van der Waals surface area contributed by atoms with Crippen molar-refractivity contribution in [3.05, 3.63) is 36.2 Å². The molecular formula is C8H10N6. The molecule has 2 aromatic heterocycles. The third-order valence-electron chi connectivity index (χ3n) is 1.26. The van der Waals surface area contributed by atoms with Crippen LogP contribution in [-0.2, 0) is 0 Å². The Kier molecular flexibility index (Phi) is 4.06. The Hall–Kier alpha value is -1.98. The molecule has 72 valence electrons. The average Bonchev–Trinajstić information content (AvgIpc) is 2.21. The van der Waals surface area contributed by atoms with Gasteiger partial charge in [0.15, 0.2) is 0 Å². The first-order valence-corrected chi connectivity index (χ1v) is 3.99. The van der Waals surface area contributed by atoms with Gasteiger partial charge in [-0.3, -0.25) is 0 Å². The first-order chi connectivity index (χ1) is 6.79. The Labute approximate surface area is 81.4 Å². The van der Waals surface area contributed by atoms with Crippen LogP contribution in [0.15, 0.2) is 24.8 Å². The van der Waals surface area contributed by atoms with E-state index in [0.717, 1.165) is 11.4 Å². The number of rotatable bonds is 0. The molecule has 0 saturated carbocycles. The fraction of sp³-hybridized carbons (Fsp3) is 0.250. The standard InChI is InChI=1S/2C4H5N3/c1-4-2-6-7-3-5-4;1-4-2-3-5-7-6-4/h2*2-3H,1H3. The van der Waals surface area contributed by atoms with Crippen LogP contribution in [-0.4, -0.2) is 30.6 Å². The zero-order chi connectivity index (χ0) is 10.2. The lowest BCUT2D eigenvalue weighted by Gasteiger charge is -1.80. The summed E-state index contributed by atoms with van der Waals surface area (Å²) in [6.45, 7) is 3.74. The van der Waals surface area contributed by atoms with Crippen LogP contribution < -0.4 is 0 Å². The van der Waals surface area contributed by atoms with Gasteiger partial charge >= 0.3 is 0 Å². The molecular weight excluding hydrogens is 180 g/mol.